The third kappa shape index (κ3) is 2.11. The van der Waals surface area contributed by atoms with E-state index >= 15 is 0 Å². The van der Waals surface area contributed by atoms with Gasteiger partial charge in [0.1, 0.15) is 5.76 Å². The normalized spacial score (nSPS) is 13.1. The van der Waals surface area contributed by atoms with Gasteiger partial charge in [-0.05, 0) is 61.0 Å². The maximum absolute atomic E-state index is 6.01. The van der Waals surface area contributed by atoms with E-state index in [9.17, 15) is 0 Å². The first-order chi connectivity index (χ1) is 6.66. The van der Waals surface area contributed by atoms with Crippen LogP contribution in [0.15, 0.2) is 36.5 Å². The molecule has 0 fully saturated rings. The van der Waals surface area contributed by atoms with Crippen molar-refractivity contribution in [3.8, 4) is 0 Å². The Kier molecular flexibility index (Phi) is 3.11. The Hall–Kier alpha value is -0.100. The SMILES string of the molecule is NC(c1csc(Br)c1)c1ccc(Br)o1. The molecule has 0 radical (unpaired) electrons. The lowest BCUT2D eigenvalue weighted by molar-refractivity contribution is 0.470. The molecular formula is C9H7Br2NOS. The van der Waals surface area contributed by atoms with E-state index in [1.54, 1.807) is 11.3 Å². The molecule has 0 amide bonds. The van der Waals surface area contributed by atoms with E-state index in [4.69, 9.17) is 10.2 Å². The predicted molar refractivity (Wildman–Crippen MR) is 64.5 cm³/mol. The zero-order valence-corrected chi connectivity index (χ0v) is 11.0. The molecule has 1 atom stereocenters. The van der Waals surface area contributed by atoms with E-state index in [0.29, 0.717) is 4.67 Å². The topological polar surface area (TPSA) is 39.2 Å². The number of furan rings is 1. The average Bonchev–Trinajstić information content (AvgIpc) is 2.73. The molecule has 0 bridgehead atoms. The summed E-state index contributed by atoms with van der Waals surface area (Å²) in [5.74, 6) is 0.766. The van der Waals surface area contributed by atoms with Crippen molar-refractivity contribution in [1.82, 2.24) is 0 Å². The molecule has 1 unspecified atom stereocenters. The van der Waals surface area contributed by atoms with Gasteiger partial charge in [0.25, 0.3) is 0 Å². The molecule has 5 heteroatoms. The summed E-state index contributed by atoms with van der Waals surface area (Å²) < 4.78 is 7.17. The molecule has 0 saturated carbocycles. The molecule has 2 nitrogen and oxygen atoms in total. The highest BCUT2D eigenvalue weighted by molar-refractivity contribution is 9.11. The predicted octanol–water partition coefficient (Wildman–Crippen LogP) is 3.91. The maximum Gasteiger partial charge on any atom is 0.169 e. The van der Waals surface area contributed by atoms with Gasteiger partial charge in [0.2, 0.25) is 0 Å². The summed E-state index contributed by atoms with van der Waals surface area (Å²) in [5.41, 5.74) is 7.07. The summed E-state index contributed by atoms with van der Waals surface area (Å²) in [5, 5.41) is 2.02. The van der Waals surface area contributed by atoms with Gasteiger partial charge in [-0.15, -0.1) is 11.3 Å². The molecule has 0 aliphatic rings. The maximum atomic E-state index is 6.01. The number of hydrogen-bond acceptors (Lipinski definition) is 3. The smallest absolute Gasteiger partial charge is 0.169 e. The van der Waals surface area contributed by atoms with Gasteiger partial charge >= 0.3 is 0 Å². The fourth-order valence-corrected chi connectivity index (χ4v) is 2.68. The Morgan fingerprint density at radius 3 is 2.64 bits per heavy atom. The molecule has 2 N–H and O–H groups in total. The summed E-state index contributed by atoms with van der Waals surface area (Å²) in [6, 6.07) is 5.53. The summed E-state index contributed by atoms with van der Waals surface area (Å²) in [7, 11) is 0. The van der Waals surface area contributed by atoms with Crippen molar-refractivity contribution in [3.05, 3.63) is 43.4 Å². The van der Waals surface area contributed by atoms with Crippen molar-refractivity contribution in [2.45, 2.75) is 6.04 Å². The summed E-state index contributed by atoms with van der Waals surface area (Å²) in [6.07, 6.45) is 0. The molecule has 2 rings (SSSR count). The third-order valence-electron chi connectivity index (χ3n) is 1.85. The standard InChI is InChI=1S/C9H7Br2NOS/c10-7-2-1-6(13-7)9(12)5-3-8(11)14-4-5/h1-4,9H,12H2. The van der Waals surface area contributed by atoms with Crippen molar-refractivity contribution in [3.63, 3.8) is 0 Å². The lowest BCUT2D eigenvalue weighted by atomic mass is 10.1. The van der Waals surface area contributed by atoms with Gasteiger partial charge in [-0.1, -0.05) is 0 Å². The first kappa shape index (κ1) is 10.4. The van der Waals surface area contributed by atoms with Crippen LogP contribution >= 0.6 is 43.2 Å². The lowest BCUT2D eigenvalue weighted by Gasteiger charge is -2.05. The minimum absolute atomic E-state index is 0.191. The molecular weight excluding hydrogens is 330 g/mol. The second-order valence-electron chi connectivity index (χ2n) is 2.80. The average molecular weight is 337 g/mol. The van der Waals surface area contributed by atoms with Gasteiger partial charge in [-0.25, -0.2) is 0 Å². The van der Waals surface area contributed by atoms with Crippen molar-refractivity contribution < 1.29 is 4.42 Å². The van der Waals surface area contributed by atoms with Gasteiger partial charge in [-0.3, -0.25) is 0 Å². The largest absolute Gasteiger partial charge is 0.452 e. The van der Waals surface area contributed by atoms with Crippen LogP contribution in [0.1, 0.15) is 17.4 Å². The zero-order chi connectivity index (χ0) is 10.1. The Morgan fingerprint density at radius 2 is 2.14 bits per heavy atom. The second kappa shape index (κ2) is 4.18. The van der Waals surface area contributed by atoms with Crippen LogP contribution in [0.2, 0.25) is 0 Å². The van der Waals surface area contributed by atoms with Crippen molar-refractivity contribution >= 4 is 43.2 Å². The van der Waals surface area contributed by atoms with Gasteiger partial charge in [0.15, 0.2) is 4.67 Å². The number of halogens is 2. The highest BCUT2D eigenvalue weighted by Crippen LogP contribution is 2.29. The van der Waals surface area contributed by atoms with Crippen LogP contribution in [0, 0.1) is 0 Å². The van der Waals surface area contributed by atoms with E-state index in [0.717, 1.165) is 15.1 Å². The van der Waals surface area contributed by atoms with E-state index < -0.39 is 0 Å². The van der Waals surface area contributed by atoms with E-state index in [-0.39, 0.29) is 6.04 Å². The first-order valence-corrected chi connectivity index (χ1v) is 6.38. The van der Waals surface area contributed by atoms with Gasteiger partial charge < -0.3 is 10.2 Å². The number of rotatable bonds is 2. The van der Waals surface area contributed by atoms with Gasteiger partial charge in [0.05, 0.1) is 9.83 Å². The highest BCUT2D eigenvalue weighted by Gasteiger charge is 2.13. The fourth-order valence-electron chi connectivity index (χ4n) is 1.15. The monoisotopic (exact) mass is 335 g/mol. The van der Waals surface area contributed by atoms with Crippen molar-refractivity contribution in [2.24, 2.45) is 5.73 Å². The molecule has 2 aromatic heterocycles. The molecule has 2 heterocycles. The molecule has 0 aliphatic carbocycles. The van der Waals surface area contributed by atoms with Crippen LogP contribution in [0.4, 0.5) is 0 Å². The third-order valence-corrected chi connectivity index (χ3v) is 3.80. The minimum atomic E-state index is -0.191. The second-order valence-corrected chi connectivity index (χ2v) is 5.88. The quantitative estimate of drug-likeness (QED) is 0.902. The summed E-state index contributed by atoms with van der Waals surface area (Å²) >= 11 is 8.27. The molecule has 0 aromatic carbocycles. The molecule has 14 heavy (non-hydrogen) atoms. The Morgan fingerprint density at radius 1 is 1.36 bits per heavy atom. The molecule has 0 saturated heterocycles. The molecule has 2 aromatic rings. The van der Waals surface area contributed by atoms with Gasteiger partial charge in [-0.2, -0.15) is 0 Å². The zero-order valence-electron chi connectivity index (χ0n) is 7.04. The van der Waals surface area contributed by atoms with E-state index in [1.807, 2.05) is 23.6 Å². The van der Waals surface area contributed by atoms with Crippen LogP contribution in [-0.2, 0) is 0 Å². The number of hydrogen-bond donors (Lipinski definition) is 1. The van der Waals surface area contributed by atoms with Gasteiger partial charge in [0, 0.05) is 0 Å². The first-order valence-electron chi connectivity index (χ1n) is 3.91. The van der Waals surface area contributed by atoms with Crippen molar-refractivity contribution in [1.29, 1.82) is 0 Å². The van der Waals surface area contributed by atoms with Crippen molar-refractivity contribution in [2.75, 3.05) is 0 Å². The molecule has 74 valence electrons. The van der Waals surface area contributed by atoms with E-state index in [1.165, 1.54) is 0 Å². The Balaban J connectivity index is 2.28. The molecule has 0 spiro atoms. The summed E-state index contributed by atoms with van der Waals surface area (Å²) in [6.45, 7) is 0. The lowest BCUT2D eigenvalue weighted by Crippen LogP contribution is -2.09. The summed E-state index contributed by atoms with van der Waals surface area (Å²) in [4.78, 5) is 0. The van der Waals surface area contributed by atoms with E-state index in [2.05, 4.69) is 31.9 Å². The Bertz CT molecular complexity index is 397. The number of nitrogens with two attached hydrogens (primary N) is 1. The minimum Gasteiger partial charge on any atom is -0.452 e. The van der Waals surface area contributed by atoms with Crippen LogP contribution in [0.3, 0.4) is 0 Å². The van der Waals surface area contributed by atoms with Crippen LogP contribution in [-0.4, -0.2) is 0 Å². The fraction of sp³-hybridized carbons (Fsp3) is 0.111. The van der Waals surface area contributed by atoms with Crippen LogP contribution in [0.25, 0.3) is 0 Å². The number of thiophene rings is 1. The van der Waals surface area contributed by atoms with Crippen LogP contribution < -0.4 is 5.73 Å². The molecule has 0 aliphatic heterocycles. The highest BCUT2D eigenvalue weighted by atomic mass is 79.9. The van der Waals surface area contributed by atoms with Crippen LogP contribution in [0.5, 0.6) is 0 Å². The Labute approximate surface area is 102 Å².